The highest BCUT2D eigenvalue weighted by atomic mass is 19.4. The molecule has 0 unspecified atom stereocenters. The van der Waals surface area contributed by atoms with Gasteiger partial charge in [0.1, 0.15) is 0 Å². The van der Waals surface area contributed by atoms with E-state index < -0.39 is 11.7 Å². The van der Waals surface area contributed by atoms with Gasteiger partial charge in [0.15, 0.2) is 0 Å². The maximum atomic E-state index is 13.2. The van der Waals surface area contributed by atoms with E-state index in [0.29, 0.717) is 25.1 Å². The van der Waals surface area contributed by atoms with E-state index >= 15 is 0 Å². The summed E-state index contributed by atoms with van der Waals surface area (Å²) in [5.74, 6) is -0.455. The van der Waals surface area contributed by atoms with Gasteiger partial charge in [0.05, 0.1) is 16.9 Å². The van der Waals surface area contributed by atoms with Gasteiger partial charge in [-0.25, -0.2) is 0 Å². The lowest BCUT2D eigenvalue weighted by Crippen LogP contribution is -2.40. The Labute approximate surface area is 162 Å². The molecule has 0 radical (unpaired) electrons. The molecule has 2 aromatic carbocycles. The van der Waals surface area contributed by atoms with Gasteiger partial charge in [-0.1, -0.05) is 30.3 Å². The molecule has 1 aliphatic rings. The largest absolute Gasteiger partial charge is 0.416 e. The third-order valence-electron chi connectivity index (χ3n) is 4.93. The minimum atomic E-state index is -4.47. The molecule has 2 aromatic rings. The molecule has 1 amide bonds. The van der Waals surface area contributed by atoms with Crippen LogP contribution in [0.1, 0.15) is 30.9 Å². The normalized spacial score (nSPS) is 19.9. The number of anilines is 2. The van der Waals surface area contributed by atoms with Crippen LogP contribution in [0.2, 0.25) is 0 Å². The molecule has 150 valence electrons. The van der Waals surface area contributed by atoms with Crippen molar-refractivity contribution in [3.8, 4) is 0 Å². The fourth-order valence-electron chi connectivity index (χ4n) is 3.38. The summed E-state index contributed by atoms with van der Waals surface area (Å²) >= 11 is 0. The van der Waals surface area contributed by atoms with Crippen LogP contribution in [0.5, 0.6) is 0 Å². The zero-order valence-corrected chi connectivity index (χ0v) is 15.6. The minimum Gasteiger partial charge on any atom is -0.379 e. The van der Waals surface area contributed by atoms with E-state index in [2.05, 4.69) is 16.0 Å². The molecule has 0 aliphatic carbocycles. The highest BCUT2D eigenvalue weighted by Crippen LogP contribution is 2.34. The first-order valence-corrected chi connectivity index (χ1v) is 9.36. The van der Waals surface area contributed by atoms with Crippen LogP contribution >= 0.6 is 0 Å². The summed E-state index contributed by atoms with van der Waals surface area (Å²) in [5, 5.41) is 9.12. The van der Waals surface area contributed by atoms with Crippen LogP contribution in [-0.2, 0) is 17.5 Å². The van der Waals surface area contributed by atoms with Crippen molar-refractivity contribution in [2.75, 3.05) is 17.2 Å². The molecule has 1 aliphatic heterocycles. The quantitative estimate of drug-likeness (QED) is 0.696. The van der Waals surface area contributed by atoms with Crippen molar-refractivity contribution in [3.63, 3.8) is 0 Å². The molecule has 0 saturated carbocycles. The summed E-state index contributed by atoms with van der Waals surface area (Å²) in [4.78, 5) is 12.7. The summed E-state index contributed by atoms with van der Waals surface area (Å²) in [5.41, 5.74) is 0.827. The van der Waals surface area contributed by atoms with E-state index in [9.17, 15) is 18.0 Å². The van der Waals surface area contributed by atoms with Crippen molar-refractivity contribution in [3.05, 3.63) is 59.7 Å². The summed E-state index contributed by atoms with van der Waals surface area (Å²) in [6, 6.07) is 13.1. The molecule has 1 fully saturated rings. The number of alkyl halides is 3. The number of piperidine rings is 1. The third-order valence-corrected chi connectivity index (χ3v) is 4.93. The molecule has 3 N–H and O–H groups in total. The lowest BCUT2D eigenvalue weighted by atomic mass is 9.92. The maximum Gasteiger partial charge on any atom is 0.416 e. The van der Waals surface area contributed by atoms with E-state index in [1.54, 1.807) is 0 Å². The highest BCUT2D eigenvalue weighted by molar-refractivity contribution is 5.96. The average Bonchev–Trinajstić information content (AvgIpc) is 2.67. The average molecular weight is 391 g/mol. The molecule has 1 saturated heterocycles. The maximum absolute atomic E-state index is 13.2. The van der Waals surface area contributed by atoms with E-state index in [4.69, 9.17) is 0 Å². The molecule has 1 heterocycles. The van der Waals surface area contributed by atoms with Crippen LogP contribution in [0.3, 0.4) is 0 Å². The van der Waals surface area contributed by atoms with Gasteiger partial charge >= 0.3 is 6.18 Å². The number of benzene rings is 2. The summed E-state index contributed by atoms with van der Waals surface area (Å²) in [6.07, 6.45) is -3.14. The number of carbonyl (C=O) groups excluding carboxylic acids is 1. The number of amides is 1. The Balaban J connectivity index is 1.79. The van der Waals surface area contributed by atoms with Crippen molar-refractivity contribution in [1.82, 2.24) is 5.32 Å². The topological polar surface area (TPSA) is 53.2 Å². The molecule has 0 bridgehead atoms. The number of hydrogen-bond donors (Lipinski definition) is 3. The fraction of sp³-hybridized carbons (Fsp3) is 0.381. The highest BCUT2D eigenvalue weighted by Gasteiger charge is 2.32. The van der Waals surface area contributed by atoms with Gasteiger partial charge in [-0.3, -0.25) is 4.79 Å². The van der Waals surface area contributed by atoms with Gasteiger partial charge in [-0.2, -0.15) is 13.2 Å². The first-order valence-electron chi connectivity index (χ1n) is 9.36. The van der Waals surface area contributed by atoms with E-state index in [-0.39, 0.29) is 23.6 Å². The van der Waals surface area contributed by atoms with Crippen LogP contribution in [-0.4, -0.2) is 18.5 Å². The first-order chi connectivity index (χ1) is 13.3. The smallest absolute Gasteiger partial charge is 0.379 e. The Kier molecular flexibility index (Phi) is 6.24. The van der Waals surface area contributed by atoms with Crippen LogP contribution < -0.4 is 16.0 Å². The van der Waals surface area contributed by atoms with Gasteiger partial charge in [0.25, 0.3) is 0 Å². The molecular weight excluding hydrogens is 367 g/mol. The predicted molar refractivity (Wildman–Crippen MR) is 104 cm³/mol. The molecule has 28 heavy (non-hydrogen) atoms. The molecule has 7 heteroatoms. The van der Waals surface area contributed by atoms with E-state index in [1.165, 1.54) is 6.07 Å². The summed E-state index contributed by atoms with van der Waals surface area (Å²) < 4.78 is 39.5. The molecule has 0 aromatic heterocycles. The number of halogens is 3. The second-order valence-corrected chi connectivity index (χ2v) is 7.16. The summed E-state index contributed by atoms with van der Waals surface area (Å²) in [7, 11) is 0. The van der Waals surface area contributed by atoms with E-state index in [1.807, 2.05) is 37.3 Å². The second-order valence-electron chi connectivity index (χ2n) is 7.16. The van der Waals surface area contributed by atoms with Crippen LogP contribution in [0.15, 0.2) is 48.5 Å². The van der Waals surface area contributed by atoms with Gasteiger partial charge in [0, 0.05) is 18.5 Å². The van der Waals surface area contributed by atoms with Crippen molar-refractivity contribution < 1.29 is 18.0 Å². The lowest BCUT2D eigenvalue weighted by molar-refractivity contribution is -0.137. The van der Waals surface area contributed by atoms with Crippen LogP contribution in [0, 0.1) is 5.92 Å². The Morgan fingerprint density at radius 3 is 2.57 bits per heavy atom. The number of rotatable bonds is 5. The molecule has 0 spiro atoms. The zero-order chi connectivity index (χ0) is 20.1. The molecule has 3 rings (SSSR count). The van der Waals surface area contributed by atoms with Crippen LogP contribution in [0.25, 0.3) is 0 Å². The number of hydrogen-bond acceptors (Lipinski definition) is 3. The van der Waals surface area contributed by atoms with Gasteiger partial charge in [0.2, 0.25) is 5.91 Å². The standard InChI is InChI=1S/C21H24F3N3O/c1-14-11-16(9-10-25-14)20(28)27-19-12-17(21(22,23)24)7-8-18(19)26-13-15-5-3-2-4-6-15/h2-8,12,14,16,25-26H,9-11,13H2,1H3,(H,27,28)/t14-,16-/m0/s1. The third kappa shape index (κ3) is 5.25. The Morgan fingerprint density at radius 1 is 1.14 bits per heavy atom. The Hall–Kier alpha value is -2.54. The van der Waals surface area contributed by atoms with Gasteiger partial charge < -0.3 is 16.0 Å². The van der Waals surface area contributed by atoms with Crippen LogP contribution in [0.4, 0.5) is 24.5 Å². The fourth-order valence-corrected chi connectivity index (χ4v) is 3.38. The van der Waals surface area contributed by atoms with Crippen molar-refractivity contribution in [1.29, 1.82) is 0 Å². The predicted octanol–water partition coefficient (Wildman–Crippen LogP) is 4.64. The molecule has 4 nitrogen and oxygen atoms in total. The first kappa shape index (κ1) is 20.2. The monoisotopic (exact) mass is 391 g/mol. The number of nitrogens with one attached hydrogen (secondary N) is 3. The Morgan fingerprint density at radius 2 is 1.89 bits per heavy atom. The van der Waals surface area contributed by atoms with Crippen molar-refractivity contribution >= 4 is 17.3 Å². The summed E-state index contributed by atoms with van der Waals surface area (Å²) in [6.45, 7) is 3.16. The van der Waals surface area contributed by atoms with Gasteiger partial charge in [-0.05, 0) is 50.1 Å². The number of carbonyl (C=O) groups is 1. The molecule has 2 atom stereocenters. The van der Waals surface area contributed by atoms with Gasteiger partial charge in [-0.15, -0.1) is 0 Å². The zero-order valence-electron chi connectivity index (χ0n) is 15.6. The lowest BCUT2D eigenvalue weighted by Gasteiger charge is -2.27. The SMILES string of the molecule is C[C@H]1C[C@@H](C(=O)Nc2cc(C(F)(F)F)ccc2NCc2ccccc2)CCN1. The molecular formula is C21H24F3N3O. The van der Waals surface area contributed by atoms with Crippen molar-refractivity contribution in [2.24, 2.45) is 5.92 Å². The van der Waals surface area contributed by atoms with Crippen molar-refractivity contribution in [2.45, 2.75) is 38.5 Å². The second kappa shape index (κ2) is 8.65. The van der Waals surface area contributed by atoms with E-state index in [0.717, 1.165) is 24.2 Å². The Bertz CT molecular complexity index is 808. The minimum absolute atomic E-state index is 0.155.